The van der Waals surface area contributed by atoms with Gasteiger partial charge < -0.3 is 10.1 Å². The zero-order chi connectivity index (χ0) is 17.2. The average molecular weight is 335 g/mol. The van der Waals surface area contributed by atoms with E-state index < -0.39 is 34.9 Å². The molecule has 2 aromatic rings. The van der Waals surface area contributed by atoms with Crippen LogP contribution in [0.4, 0.5) is 32.0 Å². The first-order valence-electron chi connectivity index (χ1n) is 5.96. The number of anilines is 1. The maximum Gasteiger partial charge on any atom is 0.416 e. The van der Waals surface area contributed by atoms with E-state index in [9.17, 15) is 31.1 Å². The molecule has 23 heavy (non-hydrogen) atoms. The summed E-state index contributed by atoms with van der Waals surface area (Å²) in [5.74, 6) is -5.36. The van der Waals surface area contributed by atoms with Crippen LogP contribution in [0, 0.1) is 17.5 Å². The summed E-state index contributed by atoms with van der Waals surface area (Å²) >= 11 is 0. The normalized spacial score (nSPS) is 11.2. The van der Waals surface area contributed by atoms with E-state index in [0.29, 0.717) is 0 Å². The number of nitrogens with one attached hydrogen (secondary N) is 1. The number of rotatable bonds is 4. The third-order valence-corrected chi connectivity index (χ3v) is 2.70. The Morgan fingerprint density at radius 3 is 2.09 bits per heavy atom. The van der Waals surface area contributed by atoms with Gasteiger partial charge in [-0.15, -0.1) is 0 Å². The maximum atomic E-state index is 13.6. The van der Waals surface area contributed by atoms with Crippen LogP contribution in [0.5, 0.6) is 11.5 Å². The highest BCUT2D eigenvalue weighted by atomic mass is 19.4. The lowest BCUT2D eigenvalue weighted by Gasteiger charge is -2.12. The molecule has 0 aromatic heterocycles. The van der Waals surface area contributed by atoms with Crippen molar-refractivity contribution in [3.8, 4) is 11.5 Å². The van der Waals surface area contributed by atoms with Crippen LogP contribution in [-0.4, -0.2) is 6.41 Å². The molecule has 2 aromatic carbocycles. The van der Waals surface area contributed by atoms with Crippen LogP contribution in [0.1, 0.15) is 5.56 Å². The molecule has 0 atom stereocenters. The van der Waals surface area contributed by atoms with Gasteiger partial charge in [0, 0.05) is 6.07 Å². The molecule has 2 rings (SSSR count). The highest BCUT2D eigenvalue weighted by Crippen LogP contribution is 2.36. The van der Waals surface area contributed by atoms with E-state index in [0.717, 1.165) is 18.2 Å². The molecule has 0 aliphatic heterocycles. The molecule has 1 N–H and O–H groups in total. The Morgan fingerprint density at radius 2 is 1.57 bits per heavy atom. The topological polar surface area (TPSA) is 38.3 Å². The van der Waals surface area contributed by atoms with Gasteiger partial charge in [-0.3, -0.25) is 4.79 Å². The quantitative estimate of drug-likeness (QED) is 0.661. The number of hydrogen-bond donors (Lipinski definition) is 1. The summed E-state index contributed by atoms with van der Waals surface area (Å²) in [7, 11) is 0. The van der Waals surface area contributed by atoms with Gasteiger partial charge in [0.2, 0.25) is 6.41 Å². The van der Waals surface area contributed by atoms with Crippen molar-refractivity contribution in [2.45, 2.75) is 6.18 Å². The summed E-state index contributed by atoms with van der Waals surface area (Å²) in [5, 5.41) is 1.99. The van der Waals surface area contributed by atoms with Gasteiger partial charge in [-0.1, -0.05) is 0 Å². The fourth-order valence-electron chi connectivity index (χ4n) is 1.68. The Labute approximate surface area is 125 Å². The molecule has 9 heteroatoms. The molecular weight excluding hydrogens is 328 g/mol. The number of amides is 1. The Kier molecular flexibility index (Phi) is 4.48. The summed E-state index contributed by atoms with van der Waals surface area (Å²) in [4.78, 5) is 10.3. The van der Waals surface area contributed by atoms with Gasteiger partial charge in [-0.2, -0.15) is 13.2 Å². The molecule has 0 radical (unpaired) electrons. The molecule has 0 saturated heterocycles. The monoisotopic (exact) mass is 335 g/mol. The van der Waals surface area contributed by atoms with Crippen LogP contribution in [0.3, 0.4) is 0 Å². The van der Waals surface area contributed by atoms with Gasteiger partial charge in [-0.25, -0.2) is 13.2 Å². The Balaban J connectivity index is 2.37. The second-order valence-corrected chi connectivity index (χ2v) is 4.27. The van der Waals surface area contributed by atoms with Crippen molar-refractivity contribution in [3.63, 3.8) is 0 Å². The predicted molar refractivity (Wildman–Crippen MR) is 67.5 cm³/mol. The summed E-state index contributed by atoms with van der Waals surface area (Å²) in [6.07, 6.45) is -4.75. The maximum absolute atomic E-state index is 13.6. The Hall–Kier alpha value is -2.71. The van der Waals surface area contributed by atoms with Crippen LogP contribution in [0.25, 0.3) is 0 Å². The zero-order valence-electron chi connectivity index (χ0n) is 11.0. The molecule has 122 valence electrons. The van der Waals surface area contributed by atoms with Crippen molar-refractivity contribution in [2.24, 2.45) is 0 Å². The number of carbonyl (C=O) groups is 1. The second kappa shape index (κ2) is 6.19. The summed E-state index contributed by atoms with van der Waals surface area (Å²) in [5.41, 5.74) is -1.84. The van der Waals surface area contributed by atoms with E-state index in [-0.39, 0.29) is 30.0 Å². The van der Waals surface area contributed by atoms with Crippen LogP contribution >= 0.6 is 0 Å². The average Bonchev–Trinajstić information content (AvgIpc) is 2.45. The van der Waals surface area contributed by atoms with E-state index in [2.05, 4.69) is 0 Å². The van der Waals surface area contributed by atoms with Gasteiger partial charge in [0.05, 0.1) is 11.3 Å². The standard InChI is InChI=1S/C14H7F6NO2/c15-9-2-1-8(5-12(9)21-6-22)23-13-10(16)3-7(4-11(13)17)14(18,19)20/h1-6H,(H,21,22). The molecule has 0 saturated carbocycles. The van der Waals surface area contributed by atoms with Crippen molar-refractivity contribution in [3.05, 3.63) is 53.3 Å². The number of alkyl halides is 3. The van der Waals surface area contributed by atoms with Gasteiger partial charge in [0.25, 0.3) is 0 Å². The second-order valence-electron chi connectivity index (χ2n) is 4.27. The molecule has 0 heterocycles. The molecule has 0 spiro atoms. The number of hydrogen-bond acceptors (Lipinski definition) is 2. The van der Waals surface area contributed by atoms with E-state index in [1.54, 1.807) is 0 Å². The lowest BCUT2D eigenvalue weighted by Crippen LogP contribution is -2.07. The van der Waals surface area contributed by atoms with Gasteiger partial charge in [0.15, 0.2) is 17.4 Å². The van der Waals surface area contributed by atoms with E-state index in [4.69, 9.17) is 4.74 Å². The van der Waals surface area contributed by atoms with E-state index >= 15 is 0 Å². The minimum Gasteiger partial charge on any atom is -0.451 e. The first kappa shape index (κ1) is 16.7. The summed E-state index contributed by atoms with van der Waals surface area (Å²) < 4.78 is 82.7. The highest BCUT2D eigenvalue weighted by molar-refractivity contribution is 5.72. The predicted octanol–water partition coefficient (Wildman–Crippen LogP) is 4.48. The Morgan fingerprint density at radius 1 is 0.957 bits per heavy atom. The van der Waals surface area contributed by atoms with Crippen LogP contribution in [0.2, 0.25) is 0 Å². The van der Waals surface area contributed by atoms with Gasteiger partial charge in [-0.05, 0) is 24.3 Å². The lowest BCUT2D eigenvalue weighted by molar-refractivity contribution is -0.138. The molecule has 0 unspecified atom stereocenters. The largest absolute Gasteiger partial charge is 0.451 e. The highest BCUT2D eigenvalue weighted by Gasteiger charge is 2.33. The summed E-state index contributed by atoms with van der Waals surface area (Å²) in [6, 6.07) is 2.91. The number of carbonyl (C=O) groups excluding carboxylic acids is 1. The number of ether oxygens (including phenoxy) is 1. The van der Waals surface area contributed by atoms with Crippen LogP contribution < -0.4 is 10.1 Å². The SMILES string of the molecule is O=CNc1cc(Oc2c(F)cc(C(F)(F)F)cc2F)ccc1F. The molecule has 0 fully saturated rings. The zero-order valence-corrected chi connectivity index (χ0v) is 11.0. The van der Waals surface area contributed by atoms with Crippen molar-refractivity contribution < 1.29 is 35.9 Å². The third-order valence-electron chi connectivity index (χ3n) is 2.70. The molecule has 0 aliphatic carbocycles. The van der Waals surface area contributed by atoms with E-state index in [1.807, 2.05) is 5.32 Å². The van der Waals surface area contributed by atoms with E-state index in [1.165, 1.54) is 0 Å². The summed E-state index contributed by atoms with van der Waals surface area (Å²) in [6.45, 7) is 0. The Bertz CT molecular complexity index is 722. The smallest absolute Gasteiger partial charge is 0.416 e. The van der Waals surface area contributed by atoms with Crippen molar-refractivity contribution >= 4 is 12.1 Å². The fourth-order valence-corrected chi connectivity index (χ4v) is 1.68. The van der Waals surface area contributed by atoms with Crippen molar-refractivity contribution in [1.82, 2.24) is 0 Å². The lowest BCUT2D eigenvalue weighted by atomic mass is 10.2. The number of benzene rings is 2. The minimum absolute atomic E-state index is 0.0759. The number of halogens is 6. The van der Waals surface area contributed by atoms with Crippen molar-refractivity contribution in [1.29, 1.82) is 0 Å². The molecular formula is C14H7F6NO2. The first-order valence-corrected chi connectivity index (χ1v) is 5.96. The van der Waals surface area contributed by atoms with Gasteiger partial charge >= 0.3 is 6.18 Å². The van der Waals surface area contributed by atoms with Crippen LogP contribution in [0.15, 0.2) is 30.3 Å². The first-order chi connectivity index (χ1) is 10.7. The molecule has 1 amide bonds. The minimum atomic E-state index is -4.92. The molecule has 3 nitrogen and oxygen atoms in total. The van der Waals surface area contributed by atoms with Crippen LogP contribution in [-0.2, 0) is 11.0 Å². The fraction of sp³-hybridized carbons (Fsp3) is 0.0714. The van der Waals surface area contributed by atoms with Gasteiger partial charge in [0.1, 0.15) is 11.6 Å². The third kappa shape index (κ3) is 3.74. The van der Waals surface area contributed by atoms with Crippen molar-refractivity contribution in [2.75, 3.05) is 5.32 Å². The molecule has 0 bridgehead atoms. The molecule has 0 aliphatic rings.